The standard InChI is InChI=1S/C17H15F3N4O/c18-17(19,20)14-7-8-21-16(23-14)24-9-3-4-11(10-24)15-22-12-5-1-2-6-13(12)25-15/h1-2,5-8,11H,3-4,9-10H2. The minimum Gasteiger partial charge on any atom is -0.440 e. The van der Waals surface area contributed by atoms with Crippen LogP contribution in [0.25, 0.3) is 11.1 Å². The Hall–Kier alpha value is -2.64. The van der Waals surface area contributed by atoms with Crippen LogP contribution in [0, 0.1) is 0 Å². The fraction of sp³-hybridized carbons (Fsp3) is 0.353. The Morgan fingerprint density at radius 3 is 2.76 bits per heavy atom. The van der Waals surface area contributed by atoms with Gasteiger partial charge in [-0.1, -0.05) is 12.1 Å². The van der Waals surface area contributed by atoms with Crippen LogP contribution in [0.15, 0.2) is 40.9 Å². The first kappa shape index (κ1) is 15.9. The summed E-state index contributed by atoms with van der Waals surface area (Å²) in [6, 6.07) is 8.37. The first-order valence-corrected chi connectivity index (χ1v) is 8.01. The van der Waals surface area contributed by atoms with Gasteiger partial charge in [-0.3, -0.25) is 0 Å². The van der Waals surface area contributed by atoms with Gasteiger partial charge in [0.05, 0.1) is 5.92 Å². The molecule has 1 aromatic carbocycles. The number of benzene rings is 1. The van der Waals surface area contributed by atoms with Gasteiger partial charge in [0.2, 0.25) is 5.95 Å². The highest BCUT2D eigenvalue weighted by Gasteiger charge is 2.34. The molecule has 0 amide bonds. The van der Waals surface area contributed by atoms with Crippen molar-refractivity contribution in [3.63, 3.8) is 0 Å². The smallest absolute Gasteiger partial charge is 0.433 e. The van der Waals surface area contributed by atoms with Gasteiger partial charge >= 0.3 is 6.18 Å². The molecule has 0 radical (unpaired) electrons. The molecule has 8 heteroatoms. The fourth-order valence-electron chi connectivity index (χ4n) is 3.08. The minimum atomic E-state index is -4.48. The van der Waals surface area contributed by atoms with Gasteiger partial charge in [0.15, 0.2) is 11.5 Å². The van der Waals surface area contributed by atoms with E-state index >= 15 is 0 Å². The Bertz CT molecular complexity index is 860. The molecule has 1 saturated heterocycles. The lowest BCUT2D eigenvalue weighted by Gasteiger charge is -2.31. The lowest BCUT2D eigenvalue weighted by atomic mass is 9.98. The van der Waals surface area contributed by atoms with E-state index in [2.05, 4.69) is 15.0 Å². The van der Waals surface area contributed by atoms with Crippen LogP contribution < -0.4 is 4.90 Å². The van der Waals surface area contributed by atoms with Gasteiger partial charge < -0.3 is 9.32 Å². The number of fused-ring (bicyclic) bond motifs is 1. The molecule has 5 nitrogen and oxygen atoms in total. The van der Waals surface area contributed by atoms with Crippen molar-refractivity contribution in [1.29, 1.82) is 0 Å². The number of rotatable bonds is 2. The molecule has 0 bridgehead atoms. The molecular weight excluding hydrogens is 333 g/mol. The number of nitrogens with zero attached hydrogens (tertiary/aromatic N) is 4. The van der Waals surface area contributed by atoms with E-state index in [0.717, 1.165) is 30.6 Å². The van der Waals surface area contributed by atoms with Crippen LogP contribution in [0.2, 0.25) is 0 Å². The van der Waals surface area contributed by atoms with E-state index in [-0.39, 0.29) is 11.9 Å². The number of aromatic nitrogens is 3. The predicted molar refractivity (Wildman–Crippen MR) is 85.2 cm³/mol. The molecule has 130 valence electrons. The van der Waals surface area contributed by atoms with Gasteiger partial charge in [-0.2, -0.15) is 13.2 Å². The SMILES string of the molecule is FC(F)(F)c1ccnc(N2CCCC(c3nc4ccccc4o3)C2)n1. The van der Waals surface area contributed by atoms with Crippen LogP contribution in [0.5, 0.6) is 0 Å². The van der Waals surface area contributed by atoms with Gasteiger partial charge in [0.1, 0.15) is 11.2 Å². The zero-order valence-electron chi connectivity index (χ0n) is 13.2. The van der Waals surface area contributed by atoms with Crippen LogP contribution >= 0.6 is 0 Å². The van der Waals surface area contributed by atoms with Crippen LogP contribution in [0.3, 0.4) is 0 Å². The van der Waals surface area contributed by atoms with Crippen LogP contribution in [-0.4, -0.2) is 28.0 Å². The van der Waals surface area contributed by atoms with Crippen molar-refractivity contribution in [3.05, 3.63) is 48.1 Å². The summed E-state index contributed by atoms with van der Waals surface area (Å²) in [5.41, 5.74) is 0.566. The van der Waals surface area contributed by atoms with Crippen molar-refractivity contribution in [1.82, 2.24) is 15.0 Å². The second-order valence-electron chi connectivity index (χ2n) is 6.04. The van der Waals surface area contributed by atoms with Crippen molar-refractivity contribution in [2.45, 2.75) is 24.9 Å². The molecule has 2 aromatic heterocycles. The topological polar surface area (TPSA) is 55.1 Å². The Labute approximate surface area is 141 Å². The van der Waals surface area contributed by atoms with Crippen molar-refractivity contribution in [2.24, 2.45) is 0 Å². The highest BCUT2D eigenvalue weighted by molar-refractivity contribution is 5.72. The molecule has 0 saturated carbocycles. The summed E-state index contributed by atoms with van der Waals surface area (Å²) in [5, 5.41) is 0. The second-order valence-corrected chi connectivity index (χ2v) is 6.04. The number of alkyl halides is 3. The van der Waals surface area contributed by atoms with Crippen LogP contribution in [0.4, 0.5) is 19.1 Å². The molecule has 25 heavy (non-hydrogen) atoms. The Morgan fingerprint density at radius 1 is 1.12 bits per heavy atom. The fourth-order valence-corrected chi connectivity index (χ4v) is 3.08. The molecule has 1 unspecified atom stereocenters. The van der Waals surface area contributed by atoms with E-state index in [1.807, 2.05) is 24.3 Å². The number of piperidine rings is 1. The number of oxazole rings is 1. The average Bonchev–Trinajstić information content (AvgIpc) is 3.05. The summed E-state index contributed by atoms with van der Waals surface area (Å²) in [6.07, 6.45) is -1.66. The van der Waals surface area contributed by atoms with Gasteiger partial charge in [-0.15, -0.1) is 0 Å². The number of hydrogen-bond donors (Lipinski definition) is 0. The van der Waals surface area contributed by atoms with E-state index in [0.29, 0.717) is 24.6 Å². The van der Waals surface area contributed by atoms with Crippen LogP contribution in [0.1, 0.15) is 30.3 Å². The molecule has 0 spiro atoms. The summed E-state index contributed by atoms with van der Waals surface area (Å²) < 4.78 is 44.4. The lowest BCUT2D eigenvalue weighted by molar-refractivity contribution is -0.141. The van der Waals surface area contributed by atoms with Crippen molar-refractivity contribution in [2.75, 3.05) is 18.0 Å². The van der Waals surface area contributed by atoms with Gasteiger partial charge in [0, 0.05) is 19.3 Å². The molecule has 3 heterocycles. The maximum Gasteiger partial charge on any atom is 0.433 e. The average molecular weight is 348 g/mol. The van der Waals surface area contributed by atoms with Crippen molar-refractivity contribution >= 4 is 17.0 Å². The third-order valence-electron chi connectivity index (χ3n) is 4.30. The van der Waals surface area contributed by atoms with Crippen molar-refractivity contribution < 1.29 is 17.6 Å². The molecule has 1 aliphatic rings. The number of anilines is 1. The third-order valence-corrected chi connectivity index (χ3v) is 4.30. The molecular formula is C17H15F3N4O. The first-order chi connectivity index (χ1) is 12.0. The molecule has 1 atom stereocenters. The summed E-state index contributed by atoms with van der Waals surface area (Å²) in [6.45, 7) is 1.09. The highest BCUT2D eigenvalue weighted by Crippen LogP contribution is 2.32. The third kappa shape index (κ3) is 3.16. The van der Waals surface area contributed by atoms with Gasteiger partial charge in [-0.05, 0) is 31.0 Å². The highest BCUT2D eigenvalue weighted by atomic mass is 19.4. The first-order valence-electron chi connectivity index (χ1n) is 8.01. The Morgan fingerprint density at radius 2 is 1.96 bits per heavy atom. The largest absolute Gasteiger partial charge is 0.440 e. The number of halogens is 3. The van der Waals surface area contributed by atoms with E-state index in [1.165, 1.54) is 0 Å². The van der Waals surface area contributed by atoms with E-state index < -0.39 is 11.9 Å². The molecule has 3 aromatic rings. The maximum atomic E-state index is 12.9. The summed E-state index contributed by atoms with van der Waals surface area (Å²) >= 11 is 0. The monoisotopic (exact) mass is 348 g/mol. The Balaban J connectivity index is 1.59. The maximum absolute atomic E-state index is 12.9. The summed E-state index contributed by atoms with van der Waals surface area (Å²) in [7, 11) is 0. The Kier molecular flexibility index (Phi) is 3.82. The predicted octanol–water partition coefficient (Wildman–Crippen LogP) is 4.02. The van der Waals surface area contributed by atoms with Crippen molar-refractivity contribution in [3.8, 4) is 0 Å². The molecule has 1 aliphatic heterocycles. The van der Waals surface area contributed by atoms with Gasteiger partial charge in [-0.25, -0.2) is 15.0 Å². The summed E-state index contributed by atoms with van der Waals surface area (Å²) in [5.74, 6) is 0.702. The molecule has 0 aliphatic carbocycles. The van der Waals surface area contributed by atoms with Gasteiger partial charge in [0.25, 0.3) is 0 Å². The number of hydrogen-bond acceptors (Lipinski definition) is 5. The van der Waals surface area contributed by atoms with E-state index in [9.17, 15) is 13.2 Å². The quantitative estimate of drug-likeness (QED) is 0.700. The van der Waals surface area contributed by atoms with E-state index in [1.54, 1.807) is 4.90 Å². The van der Waals surface area contributed by atoms with E-state index in [4.69, 9.17) is 4.42 Å². The molecule has 4 rings (SSSR count). The number of para-hydroxylation sites is 2. The summed E-state index contributed by atoms with van der Waals surface area (Å²) in [4.78, 5) is 14.0. The second kappa shape index (κ2) is 6.02. The minimum absolute atomic E-state index is 0.000655. The zero-order chi connectivity index (χ0) is 17.4. The molecule has 1 fully saturated rings. The van der Waals surface area contributed by atoms with Crippen LogP contribution in [-0.2, 0) is 6.18 Å². The molecule has 0 N–H and O–H groups in total. The normalized spacial score (nSPS) is 18.7. The zero-order valence-corrected chi connectivity index (χ0v) is 13.2. The lowest BCUT2D eigenvalue weighted by Crippen LogP contribution is -2.36.